The molecule has 0 spiro atoms. The maximum Gasteiger partial charge on any atom is 0.171 e. The minimum Gasteiger partial charge on any atom is -0.294 e. The molecule has 0 aliphatic rings. The third-order valence-corrected chi connectivity index (χ3v) is 4.44. The second-order valence-electron chi connectivity index (χ2n) is 4.00. The van der Waals surface area contributed by atoms with Crippen LogP contribution in [0, 0.1) is 13.8 Å². The summed E-state index contributed by atoms with van der Waals surface area (Å²) in [5, 5.41) is 6.26. The first kappa shape index (κ1) is 12.5. The van der Waals surface area contributed by atoms with Gasteiger partial charge in [0, 0.05) is 33.9 Å². The van der Waals surface area contributed by atoms with Crippen LogP contribution >= 0.6 is 27.3 Å². The lowest BCUT2D eigenvalue weighted by Gasteiger charge is -1.99. The number of ketones is 1. The molecule has 0 fully saturated rings. The number of aryl methyl sites for hydroxylation is 2. The van der Waals surface area contributed by atoms with Crippen LogP contribution in [0.2, 0.25) is 0 Å². The van der Waals surface area contributed by atoms with Crippen LogP contribution in [0.5, 0.6) is 0 Å². The molecular formula is C12H13BrN2OS. The Labute approximate surface area is 113 Å². The average molecular weight is 313 g/mol. The lowest BCUT2D eigenvalue weighted by Crippen LogP contribution is -2.05. The van der Waals surface area contributed by atoms with Crippen molar-refractivity contribution in [2.24, 2.45) is 7.05 Å². The van der Waals surface area contributed by atoms with E-state index in [2.05, 4.69) is 21.0 Å². The summed E-state index contributed by atoms with van der Waals surface area (Å²) in [5.41, 5.74) is 2.51. The highest BCUT2D eigenvalue weighted by Gasteiger charge is 2.17. The Morgan fingerprint density at radius 3 is 2.71 bits per heavy atom. The fourth-order valence-corrected chi connectivity index (χ4v) is 3.32. The molecule has 17 heavy (non-hydrogen) atoms. The van der Waals surface area contributed by atoms with Crippen molar-refractivity contribution in [1.82, 2.24) is 9.78 Å². The van der Waals surface area contributed by atoms with Crippen molar-refractivity contribution in [2.45, 2.75) is 20.3 Å². The molecule has 5 heteroatoms. The summed E-state index contributed by atoms with van der Waals surface area (Å²) >= 11 is 4.99. The van der Waals surface area contributed by atoms with Crippen LogP contribution < -0.4 is 0 Å². The van der Waals surface area contributed by atoms with Crippen LogP contribution in [-0.4, -0.2) is 15.6 Å². The van der Waals surface area contributed by atoms with E-state index in [1.165, 1.54) is 0 Å². The summed E-state index contributed by atoms with van der Waals surface area (Å²) in [4.78, 5) is 13.3. The zero-order chi connectivity index (χ0) is 12.6. The molecule has 2 aromatic heterocycles. The molecule has 0 unspecified atom stereocenters. The Kier molecular flexibility index (Phi) is 3.49. The third kappa shape index (κ3) is 2.50. The molecular weight excluding hydrogens is 300 g/mol. The topological polar surface area (TPSA) is 34.9 Å². The van der Waals surface area contributed by atoms with Gasteiger partial charge in [0.1, 0.15) is 0 Å². The van der Waals surface area contributed by atoms with E-state index in [1.807, 2.05) is 32.3 Å². The Bertz CT molecular complexity index is 571. The van der Waals surface area contributed by atoms with Crippen LogP contribution in [0.4, 0.5) is 0 Å². The number of nitrogens with zero attached hydrogens (tertiary/aromatic N) is 2. The van der Waals surface area contributed by atoms with Gasteiger partial charge in [0.25, 0.3) is 0 Å². The number of carbonyl (C=O) groups excluding carboxylic acids is 1. The van der Waals surface area contributed by atoms with Crippen molar-refractivity contribution in [3.8, 4) is 0 Å². The Morgan fingerprint density at radius 2 is 2.24 bits per heavy atom. The van der Waals surface area contributed by atoms with Crippen molar-refractivity contribution < 1.29 is 4.79 Å². The molecule has 2 aromatic rings. The first-order valence-electron chi connectivity index (χ1n) is 5.25. The standard InChI is InChI=1S/C12H13BrN2OS/c1-7-12(8(2)15(3)14-7)11(16)5-10-4-9(13)6-17-10/h4,6H,5H2,1-3H3. The molecule has 0 atom stereocenters. The van der Waals surface area contributed by atoms with Gasteiger partial charge in [-0.05, 0) is 35.8 Å². The summed E-state index contributed by atoms with van der Waals surface area (Å²) in [5.74, 6) is 0.141. The third-order valence-electron chi connectivity index (χ3n) is 2.74. The van der Waals surface area contributed by atoms with Gasteiger partial charge in [0.05, 0.1) is 11.3 Å². The van der Waals surface area contributed by atoms with Gasteiger partial charge in [-0.3, -0.25) is 9.48 Å². The lowest BCUT2D eigenvalue weighted by atomic mass is 10.1. The monoisotopic (exact) mass is 312 g/mol. The Balaban J connectivity index is 2.26. The van der Waals surface area contributed by atoms with E-state index < -0.39 is 0 Å². The molecule has 0 bridgehead atoms. The average Bonchev–Trinajstić information content (AvgIpc) is 2.73. The van der Waals surface area contributed by atoms with Gasteiger partial charge in [-0.25, -0.2) is 0 Å². The maximum atomic E-state index is 12.2. The second kappa shape index (κ2) is 4.74. The molecule has 0 radical (unpaired) electrons. The van der Waals surface area contributed by atoms with Gasteiger partial charge in [0.2, 0.25) is 0 Å². The van der Waals surface area contributed by atoms with E-state index in [0.29, 0.717) is 6.42 Å². The normalized spacial score (nSPS) is 10.8. The summed E-state index contributed by atoms with van der Waals surface area (Å²) < 4.78 is 2.79. The second-order valence-corrected chi connectivity index (χ2v) is 5.91. The van der Waals surface area contributed by atoms with Crippen molar-refractivity contribution >= 4 is 33.0 Å². The van der Waals surface area contributed by atoms with E-state index >= 15 is 0 Å². The summed E-state index contributed by atoms with van der Waals surface area (Å²) in [6, 6.07) is 1.99. The van der Waals surface area contributed by atoms with E-state index in [1.54, 1.807) is 16.0 Å². The number of aromatic nitrogens is 2. The quantitative estimate of drug-likeness (QED) is 0.815. The van der Waals surface area contributed by atoms with Crippen LogP contribution in [-0.2, 0) is 13.5 Å². The smallest absolute Gasteiger partial charge is 0.171 e. The highest BCUT2D eigenvalue weighted by atomic mass is 79.9. The van der Waals surface area contributed by atoms with Gasteiger partial charge < -0.3 is 0 Å². The number of thiophene rings is 1. The molecule has 0 N–H and O–H groups in total. The zero-order valence-corrected chi connectivity index (χ0v) is 12.4. The first-order chi connectivity index (χ1) is 7.99. The van der Waals surface area contributed by atoms with Crippen molar-refractivity contribution in [3.63, 3.8) is 0 Å². The molecule has 3 nitrogen and oxygen atoms in total. The SMILES string of the molecule is Cc1nn(C)c(C)c1C(=O)Cc1cc(Br)cs1. The minimum absolute atomic E-state index is 0.141. The van der Waals surface area contributed by atoms with Crippen molar-refractivity contribution in [2.75, 3.05) is 0 Å². The van der Waals surface area contributed by atoms with E-state index in [4.69, 9.17) is 0 Å². The van der Waals surface area contributed by atoms with E-state index in [9.17, 15) is 4.79 Å². The number of hydrogen-bond donors (Lipinski definition) is 0. The van der Waals surface area contributed by atoms with Gasteiger partial charge in [-0.2, -0.15) is 5.10 Å². The molecule has 90 valence electrons. The molecule has 0 aromatic carbocycles. The molecule has 0 aliphatic heterocycles. The highest BCUT2D eigenvalue weighted by Crippen LogP contribution is 2.22. The zero-order valence-electron chi connectivity index (χ0n) is 9.95. The number of Topliss-reactive ketones (excluding diaryl/α,β-unsaturated/α-hetero) is 1. The Hall–Kier alpha value is -0.940. The van der Waals surface area contributed by atoms with Crippen LogP contribution in [0.15, 0.2) is 15.9 Å². The van der Waals surface area contributed by atoms with Crippen LogP contribution in [0.25, 0.3) is 0 Å². The van der Waals surface area contributed by atoms with Gasteiger partial charge >= 0.3 is 0 Å². The van der Waals surface area contributed by atoms with Gasteiger partial charge in [0.15, 0.2) is 5.78 Å². The summed E-state index contributed by atoms with van der Waals surface area (Å²) in [6.07, 6.45) is 0.448. The number of halogens is 1. The highest BCUT2D eigenvalue weighted by molar-refractivity contribution is 9.10. The molecule has 0 aliphatic carbocycles. The summed E-state index contributed by atoms with van der Waals surface area (Å²) in [7, 11) is 1.86. The number of carbonyl (C=O) groups is 1. The van der Waals surface area contributed by atoms with E-state index in [0.717, 1.165) is 26.3 Å². The van der Waals surface area contributed by atoms with Crippen molar-refractivity contribution in [1.29, 1.82) is 0 Å². The van der Waals surface area contributed by atoms with Gasteiger partial charge in [-0.15, -0.1) is 11.3 Å². The first-order valence-corrected chi connectivity index (χ1v) is 6.92. The number of hydrogen-bond acceptors (Lipinski definition) is 3. The molecule has 0 saturated carbocycles. The molecule has 2 heterocycles. The maximum absolute atomic E-state index is 12.2. The molecule has 2 rings (SSSR count). The fourth-order valence-electron chi connectivity index (χ4n) is 1.87. The predicted molar refractivity (Wildman–Crippen MR) is 72.7 cm³/mol. The van der Waals surface area contributed by atoms with Crippen LogP contribution in [0.1, 0.15) is 26.6 Å². The van der Waals surface area contributed by atoms with Crippen LogP contribution in [0.3, 0.4) is 0 Å². The summed E-state index contributed by atoms with van der Waals surface area (Å²) in [6.45, 7) is 3.81. The Morgan fingerprint density at radius 1 is 1.53 bits per heavy atom. The number of rotatable bonds is 3. The predicted octanol–water partition coefficient (Wildman–Crippen LogP) is 3.29. The molecule has 0 saturated heterocycles. The molecule has 0 amide bonds. The lowest BCUT2D eigenvalue weighted by molar-refractivity contribution is 0.0992. The largest absolute Gasteiger partial charge is 0.294 e. The fraction of sp³-hybridized carbons (Fsp3) is 0.333. The minimum atomic E-state index is 0.141. The van der Waals surface area contributed by atoms with Gasteiger partial charge in [-0.1, -0.05) is 0 Å². The van der Waals surface area contributed by atoms with Crippen molar-refractivity contribution in [3.05, 3.63) is 37.7 Å². The van der Waals surface area contributed by atoms with E-state index in [-0.39, 0.29) is 5.78 Å².